The maximum Gasteiger partial charge on any atom is 0.253 e. The summed E-state index contributed by atoms with van der Waals surface area (Å²) in [5, 5.41) is 0. The number of rotatable bonds is 3. The number of carbonyl (C=O) groups excluding carboxylic acids is 1. The molecule has 5 heteroatoms. The van der Waals surface area contributed by atoms with Crippen LogP contribution in [0.5, 0.6) is 0 Å². The molecule has 142 valence electrons. The highest BCUT2D eigenvalue weighted by molar-refractivity contribution is 5.95. The van der Waals surface area contributed by atoms with Crippen molar-refractivity contribution < 1.29 is 9.18 Å². The van der Waals surface area contributed by atoms with Gasteiger partial charge in [-0.2, -0.15) is 0 Å². The second-order valence-corrected chi connectivity index (χ2v) is 7.31. The smallest absolute Gasteiger partial charge is 0.253 e. The summed E-state index contributed by atoms with van der Waals surface area (Å²) in [4.78, 5) is 23.7. The minimum absolute atomic E-state index is 0.0308. The maximum atomic E-state index is 13.1. The molecule has 1 saturated heterocycles. The van der Waals surface area contributed by atoms with Crippen LogP contribution in [0.15, 0.2) is 54.7 Å². The molecule has 3 aromatic rings. The predicted molar refractivity (Wildman–Crippen MR) is 107 cm³/mol. The van der Waals surface area contributed by atoms with E-state index in [0.717, 1.165) is 34.6 Å². The fourth-order valence-electron chi connectivity index (χ4n) is 3.72. The minimum atomic E-state index is -0.233. The molecule has 1 amide bonds. The van der Waals surface area contributed by atoms with E-state index in [1.165, 1.54) is 12.1 Å². The third kappa shape index (κ3) is 3.65. The van der Waals surface area contributed by atoms with Crippen LogP contribution in [-0.4, -0.2) is 33.9 Å². The largest absolute Gasteiger partial charge is 0.338 e. The molecule has 0 bridgehead atoms. The van der Waals surface area contributed by atoms with Crippen molar-refractivity contribution in [2.24, 2.45) is 0 Å². The molecule has 1 aliphatic heterocycles. The van der Waals surface area contributed by atoms with Gasteiger partial charge in [-0.1, -0.05) is 24.3 Å². The minimum Gasteiger partial charge on any atom is -0.338 e. The normalized spacial score (nSPS) is 16.4. The number of carbonyl (C=O) groups is 1. The summed E-state index contributed by atoms with van der Waals surface area (Å²) in [5.41, 5.74) is 5.28. The Morgan fingerprint density at radius 3 is 2.50 bits per heavy atom. The molecular weight excluding hydrogens is 353 g/mol. The Morgan fingerprint density at radius 1 is 1.07 bits per heavy atom. The molecule has 4 nitrogen and oxygen atoms in total. The van der Waals surface area contributed by atoms with Gasteiger partial charge in [0.25, 0.3) is 5.91 Å². The molecule has 0 radical (unpaired) electrons. The second-order valence-electron chi connectivity index (χ2n) is 7.31. The number of amides is 1. The van der Waals surface area contributed by atoms with Crippen molar-refractivity contribution >= 4 is 5.91 Å². The number of likely N-dealkylation sites (tertiary alicyclic amines) is 1. The van der Waals surface area contributed by atoms with Gasteiger partial charge >= 0.3 is 0 Å². The van der Waals surface area contributed by atoms with Gasteiger partial charge in [0, 0.05) is 36.3 Å². The Hall–Kier alpha value is -3.08. The number of aromatic nitrogens is 2. The topological polar surface area (TPSA) is 46.1 Å². The van der Waals surface area contributed by atoms with Gasteiger partial charge in [0.2, 0.25) is 0 Å². The Bertz CT molecular complexity index is 999. The van der Waals surface area contributed by atoms with E-state index >= 15 is 0 Å². The summed E-state index contributed by atoms with van der Waals surface area (Å²) >= 11 is 0. The van der Waals surface area contributed by atoms with Crippen molar-refractivity contribution in [1.82, 2.24) is 14.9 Å². The standard InChI is InChI=1S/C23H22FN3O/c1-15-13-25-16(2)22(26-15)18-3-5-19(6-4-18)23(28)27-12-11-20(14-27)17-7-9-21(24)10-8-17/h3-10,13,20H,11-12,14H2,1-2H3. The first-order chi connectivity index (χ1) is 13.5. The summed E-state index contributed by atoms with van der Waals surface area (Å²) in [6, 6.07) is 14.2. The van der Waals surface area contributed by atoms with Crippen molar-refractivity contribution in [3.8, 4) is 11.3 Å². The van der Waals surface area contributed by atoms with Crippen LogP contribution in [0.3, 0.4) is 0 Å². The lowest BCUT2D eigenvalue weighted by molar-refractivity contribution is 0.0791. The monoisotopic (exact) mass is 375 g/mol. The third-order valence-corrected chi connectivity index (χ3v) is 5.30. The lowest BCUT2D eigenvalue weighted by Crippen LogP contribution is -2.28. The van der Waals surface area contributed by atoms with Crippen LogP contribution in [0.1, 0.15) is 39.6 Å². The van der Waals surface area contributed by atoms with Crippen molar-refractivity contribution in [3.05, 3.63) is 83.1 Å². The average Bonchev–Trinajstić information content (AvgIpc) is 3.20. The highest BCUT2D eigenvalue weighted by Gasteiger charge is 2.28. The first-order valence-electron chi connectivity index (χ1n) is 9.46. The number of aryl methyl sites for hydroxylation is 2. The fourth-order valence-corrected chi connectivity index (χ4v) is 3.72. The van der Waals surface area contributed by atoms with Gasteiger partial charge < -0.3 is 4.90 Å². The first kappa shape index (κ1) is 18.3. The van der Waals surface area contributed by atoms with Crippen LogP contribution in [0.4, 0.5) is 4.39 Å². The quantitative estimate of drug-likeness (QED) is 0.676. The van der Waals surface area contributed by atoms with Crippen molar-refractivity contribution in [2.45, 2.75) is 26.2 Å². The molecule has 0 saturated carbocycles. The van der Waals surface area contributed by atoms with Gasteiger partial charge in [0.1, 0.15) is 5.82 Å². The molecule has 0 aliphatic carbocycles. The molecule has 28 heavy (non-hydrogen) atoms. The van der Waals surface area contributed by atoms with Crippen LogP contribution in [0.25, 0.3) is 11.3 Å². The first-order valence-corrected chi connectivity index (χ1v) is 9.46. The van der Waals surface area contributed by atoms with E-state index in [1.54, 1.807) is 6.20 Å². The maximum absolute atomic E-state index is 13.1. The summed E-state index contributed by atoms with van der Waals surface area (Å²) in [7, 11) is 0. The molecule has 1 aliphatic rings. The molecular formula is C23H22FN3O. The Labute approximate surface area is 164 Å². The van der Waals surface area contributed by atoms with E-state index in [4.69, 9.17) is 0 Å². The molecule has 2 aromatic carbocycles. The molecule has 1 aromatic heterocycles. The molecule has 0 N–H and O–H groups in total. The zero-order chi connectivity index (χ0) is 19.7. The van der Waals surface area contributed by atoms with E-state index in [1.807, 2.05) is 55.1 Å². The van der Waals surface area contributed by atoms with Crippen molar-refractivity contribution in [1.29, 1.82) is 0 Å². The van der Waals surface area contributed by atoms with Gasteiger partial charge in [-0.3, -0.25) is 9.78 Å². The molecule has 2 heterocycles. The van der Waals surface area contributed by atoms with Gasteiger partial charge in [0.15, 0.2) is 0 Å². The summed E-state index contributed by atoms with van der Waals surface area (Å²) in [6.45, 7) is 5.22. The third-order valence-electron chi connectivity index (χ3n) is 5.30. The fraction of sp³-hybridized carbons (Fsp3) is 0.261. The molecule has 1 unspecified atom stereocenters. The molecule has 0 spiro atoms. The van der Waals surface area contributed by atoms with Crippen LogP contribution in [-0.2, 0) is 0 Å². The van der Waals surface area contributed by atoms with E-state index < -0.39 is 0 Å². The zero-order valence-electron chi connectivity index (χ0n) is 16.0. The lowest BCUT2D eigenvalue weighted by atomic mass is 9.98. The SMILES string of the molecule is Cc1cnc(C)c(-c2ccc(C(=O)N3CCC(c4ccc(F)cc4)C3)cc2)n1. The number of nitrogens with zero attached hydrogens (tertiary/aromatic N) is 3. The van der Waals surface area contributed by atoms with Crippen LogP contribution in [0, 0.1) is 19.7 Å². The number of halogens is 1. The number of hydrogen-bond acceptors (Lipinski definition) is 3. The Balaban J connectivity index is 1.48. The van der Waals surface area contributed by atoms with E-state index in [9.17, 15) is 9.18 Å². The Morgan fingerprint density at radius 2 is 1.79 bits per heavy atom. The highest BCUT2D eigenvalue weighted by atomic mass is 19.1. The highest BCUT2D eigenvalue weighted by Crippen LogP contribution is 2.29. The van der Waals surface area contributed by atoms with E-state index in [-0.39, 0.29) is 17.6 Å². The van der Waals surface area contributed by atoms with Crippen molar-refractivity contribution in [3.63, 3.8) is 0 Å². The van der Waals surface area contributed by atoms with E-state index in [2.05, 4.69) is 9.97 Å². The van der Waals surface area contributed by atoms with E-state index in [0.29, 0.717) is 18.7 Å². The Kier molecular flexibility index (Phi) is 4.90. The van der Waals surface area contributed by atoms with Gasteiger partial charge in [0.05, 0.1) is 17.1 Å². The molecule has 1 fully saturated rings. The number of benzene rings is 2. The van der Waals surface area contributed by atoms with Crippen LogP contribution < -0.4 is 0 Å². The van der Waals surface area contributed by atoms with Gasteiger partial charge in [-0.25, -0.2) is 9.37 Å². The molecule has 1 atom stereocenters. The van der Waals surface area contributed by atoms with Crippen LogP contribution >= 0.6 is 0 Å². The molecule has 4 rings (SSSR count). The van der Waals surface area contributed by atoms with Crippen LogP contribution in [0.2, 0.25) is 0 Å². The second kappa shape index (κ2) is 7.50. The summed E-state index contributed by atoms with van der Waals surface area (Å²) < 4.78 is 13.1. The van der Waals surface area contributed by atoms with Gasteiger partial charge in [-0.05, 0) is 50.1 Å². The van der Waals surface area contributed by atoms with Gasteiger partial charge in [-0.15, -0.1) is 0 Å². The zero-order valence-corrected chi connectivity index (χ0v) is 16.0. The number of hydrogen-bond donors (Lipinski definition) is 0. The predicted octanol–water partition coefficient (Wildman–Crippen LogP) is 4.53. The van der Waals surface area contributed by atoms with Crippen molar-refractivity contribution in [2.75, 3.05) is 13.1 Å². The summed E-state index contributed by atoms with van der Waals surface area (Å²) in [6.07, 6.45) is 2.65. The average molecular weight is 375 g/mol. The summed E-state index contributed by atoms with van der Waals surface area (Å²) in [5.74, 6) is 0.0561. The lowest BCUT2D eigenvalue weighted by Gasteiger charge is -2.17.